The van der Waals surface area contributed by atoms with E-state index in [1.807, 2.05) is 0 Å². The van der Waals surface area contributed by atoms with Crippen LogP contribution in [0.3, 0.4) is 0 Å². The van der Waals surface area contributed by atoms with Gasteiger partial charge in [0.2, 0.25) is 5.78 Å². The highest BCUT2D eigenvalue weighted by molar-refractivity contribution is 6.14. The van der Waals surface area contributed by atoms with Gasteiger partial charge in [-0.1, -0.05) is 6.92 Å². The SMILES string of the molecule is COCC1OC(=O)C(=CN)C2=C(O)C(=O)C3=C(C(OC(C)=O)CC4(C)C(=O)CCC34)C21C. The average Bonchev–Trinajstić information content (AvgIpc) is 3.01. The average molecular weight is 445 g/mol. The van der Waals surface area contributed by atoms with E-state index in [1.54, 1.807) is 13.8 Å². The number of carbonyl (C=O) groups is 4. The van der Waals surface area contributed by atoms with Crippen molar-refractivity contribution in [1.29, 1.82) is 0 Å². The van der Waals surface area contributed by atoms with Gasteiger partial charge in [-0.15, -0.1) is 0 Å². The minimum atomic E-state index is -1.25. The van der Waals surface area contributed by atoms with Gasteiger partial charge in [0.25, 0.3) is 0 Å². The van der Waals surface area contributed by atoms with Crippen LogP contribution in [0.2, 0.25) is 0 Å². The number of aliphatic hydroxyl groups excluding tert-OH is 1. The van der Waals surface area contributed by atoms with Crippen molar-refractivity contribution >= 4 is 23.5 Å². The fourth-order valence-electron chi connectivity index (χ4n) is 6.12. The first kappa shape index (κ1) is 22.3. The quantitative estimate of drug-likeness (QED) is 0.487. The Morgan fingerprint density at radius 3 is 2.59 bits per heavy atom. The fraction of sp³-hybridized carbons (Fsp3) is 0.565. The molecule has 1 saturated heterocycles. The number of methoxy groups -OCH3 is 1. The summed E-state index contributed by atoms with van der Waals surface area (Å²) in [7, 11) is 1.44. The van der Waals surface area contributed by atoms with Crippen LogP contribution in [0.25, 0.3) is 0 Å². The number of hydrogen-bond acceptors (Lipinski definition) is 9. The highest BCUT2D eigenvalue weighted by atomic mass is 16.6. The molecule has 0 aromatic heterocycles. The largest absolute Gasteiger partial charge is 0.504 e. The number of fused-ring (bicyclic) bond motifs is 4. The minimum Gasteiger partial charge on any atom is -0.504 e. The van der Waals surface area contributed by atoms with Crippen LogP contribution in [-0.2, 0) is 33.4 Å². The first-order chi connectivity index (χ1) is 15.0. The molecule has 4 rings (SSSR count). The molecule has 9 nitrogen and oxygen atoms in total. The smallest absolute Gasteiger partial charge is 0.340 e. The van der Waals surface area contributed by atoms with Crippen molar-refractivity contribution < 1.29 is 38.5 Å². The number of ether oxygens (including phenoxy) is 3. The molecule has 9 heteroatoms. The molecule has 1 aliphatic heterocycles. The molecule has 1 heterocycles. The van der Waals surface area contributed by atoms with Crippen molar-refractivity contribution in [3.8, 4) is 0 Å². The van der Waals surface area contributed by atoms with Gasteiger partial charge in [-0.25, -0.2) is 4.79 Å². The summed E-state index contributed by atoms with van der Waals surface area (Å²) in [5, 5.41) is 11.1. The Kier molecular flexibility index (Phi) is 5.08. The number of aliphatic hydroxyl groups is 1. The van der Waals surface area contributed by atoms with Gasteiger partial charge in [0.15, 0.2) is 5.76 Å². The van der Waals surface area contributed by atoms with Gasteiger partial charge in [0.05, 0.1) is 17.6 Å². The molecule has 3 aliphatic carbocycles. The van der Waals surface area contributed by atoms with Crippen LogP contribution in [0, 0.1) is 16.7 Å². The molecular weight excluding hydrogens is 418 g/mol. The molecule has 0 aromatic carbocycles. The molecule has 2 fully saturated rings. The van der Waals surface area contributed by atoms with Crippen molar-refractivity contribution in [3.05, 3.63) is 34.3 Å². The maximum atomic E-state index is 13.5. The Morgan fingerprint density at radius 2 is 2.00 bits per heavy atom. The lowest BCUT2D eigenvalue weighted by Crippen LogP contribution is -2.57. The number of cyclic esters (lactones) is 1. The van der Waals surface area contributed by atoms with E-state index in [2.05, 4.69) is 0 Å². The minimum absolute atomic E-state index is 0.00974. The zero-order chi connectivity index (χ0) is 23.6. The third-order valence-electron chi connectivity index (χ3n) is 7.59. The third kappa shape index (κ3) is 2.73. The second-order valence-electron chi connectivity index (χ2n) is 9.25. The molecular formula is C23H27NO8. The van der Waals surface area contributed by atoms with Crippen LogP contribution in [0.4, 0.5) is 0 Å². The molecule has 5 atom stereocenters. The van der Waals surface area contributed by atoms with Crippen LogP contribution < -0.4 is 5.73 Å². The van der Waals surface area contributed by atoms with Crippen LogP contribution in [0.1, 0.15) is 40.0 Å². The molecule has 32 heavy (non-hydrogen) atoms. The molecule has 0 aromatic rings. The maximum absolute atomic E-state index is 13.5. The van der Waals surface area contributed by atoms with Gasteiger partial charge in [0.1, 0.15) is 18.0 Å². The molecule has 0 bridgehead atoms. The van der Waals surface area contributed by atoms with Gasteiger partial charge >= 0.3 is 11.9 Å². The Balaban J connectivity index is 2.04. The number of ketones is 2. The number of esters is 2. The monoisotopic (exact) mass is 445 g/mol. The number of nitrogens with two attached hydrogens (primary N) is 1. The van der Waals surface area contributed by atoms with Crippen LogP contribution in [0.15, 0.2) is 34.3 Å². The molecule has 4 aliphatic rings. The lowest BCUT2D eigenvalue weighted by atomic mass is 9.53. The third-order valence-corrected chi connectivity index (χ3v) is 7.59. The predicted molar refractivity (Wildman–Crippen MR) is 110 cm³/mol. The summed E-state index contributed by atoms with van der Waals surface area (Å²) < 4.78 is 16.6. The Morgan fingerprint density at radius 1 is 1.31 bits per heavy atom. The molecule has 0 amide bonds. The van der Waals surface area contributed by atoms with E-state index < -0.39 is 52.4 Å². The number of rotatable bonds is 3. The van der Waals surface area contributed by atoms with Crippen molar-refractivity contribution in [3.63, 3.8) is 0 Å². The van der Waals surface area contributed by atoms with Crippen LogP contribution >= 0.6 is 0 Å². The van der Waals surface area contributed by atoms with E-state index in [4.69, 9.17) is 19.9 Å². The first-order valence-corrected chi connectivity index (χ1v) is 10.6. The summed E-state index contributed by atoms with van der Waals surface area (Å²) in [4.78, 5) is 51.0. The van der Waals surface area contributed by atoms with Crippen LogP contribution in [-0.4, -0.2) is 54.5 Å². The van der Waals surface area contributed by atoms with Crippen LogP contribution in [0.5, 0.6) is 0 Å². The Hall–Kier alpha value is -2.94. The summed E-state index contributed by atoms with van der Waals surface area (Å²) >= 11 is 0. The second-order valence-corrected chi connectivity index (χ2v) is 9.25. The molecule has 172 valence electrons. The van der Waals surface area contributed by atoms with E-state index in [9.17, 15) is 24.3 Å². The zero-order valence-electron chi connectivity index (χ0n) is 18.5. The normalized spacial score (nSPS) is 37.8. The summed E-state index contributed by atoms with van der Waals surface area (Å²) in [6.07, 6.45) is 0.0922. The number of allylic oxidation sites excluding steroid dienone is 1. The predicted octanol–water partition coefficient (Wildman–Crippen LogP) is 1.42. The molecule has 0 spiro atoms. The first-order valence-electron chi connectivity index (χ1n) is 10.6. The van der Waals surface area contributed by atoms with E-state index in [-0.39, 0.29) is 42.0 Å². The second kappa shape index (κ2) is 7.30. The van der Waals surface area contributed by atoms with E-state index >= 15 is 0 Å². The Labute approximate surface area is 185 Å². The highest BCUT2D eigenvalue weighted by Gasteiger charge is 2.64. The summed E-state index contributed by atoms with van der Waals surface area (Å²) in [6.45, 7) is 4.72. The van der Waals surface area contributed by atoms with Crippen molar-refractivity contribution in [1.82, 2.24) is 0 Å². The summed E-state index contributed by atoms with van der Waals surface area (Å²) in [6, 6.07) is 0. The van der Waals surface area contributed by atoms with Gasteiger partial charge in [-0.2, -0.15) is 0 Å². The summed E-state index contributed by atoms with van der Waals surface area (Å²) in [5.74, 6) is -3.10. The van der Waals surface area contributed by atoms with Crippen molar-refractivity contribution in [2.75, 3.05) is 13.7 Å². The lowest BCUT2D eigenvalue weighted by Gasteiger charge is -2.53. The highest BCUT2D eigenvalue weighted by Crippen LogP contribution is 2.62. The fourth-order valence-corrected chi connectivity index (χ4v) is 6.12. The molecule has 3 N–H and O–H groups in total. The maximum Gasteiger partial charge on any atom is 0.340 e. The van der Waals surface area contributed by atoms with Crippen molar-refractivity contribution in [2.24, 2.45) is 22.5 Å². The van der Waals surface area contributed by atoms with E-state index in [0.29, 0.717) is 12.0 Å². The summed E-state index contributed by atoms with van der Waals surface area (Å²) in [5.41, 5.74) is 4.14. The van der Waals surface area contributed by atoms with Gasteiger partial charge < -0.3 is 25.1 Å². The lowest BCUT2D eigenvalue weighted by molar-refractivity contribution is -0.160. The van der Waals surface area contributed by atoms with Gasteiger partial charge in [0, 0.05) is 55.6 Å². The van der Waals surface area contributed by atoms with Crippen molar-refractivity contribution in [2.45, 2.75) is 52.2 Å². The van der Waals surface area contributed by atoms with E-state index in [1.165, 1.54) is 14.0 Å². The molecule has 0 radical (unpaired) electrons. The molecule has 1 saturated carbocycles. The molecule has 5 unspecified atom stereocenters. The standard InChI is InChI=1S/C23H27NO8/c1-10(25)31-13-7-22(2)12(5-6-14(22)26)16-18(13)23(3)15(9-30-4)32-21(29)11(8-24)17(23)20(28)19(16)27/h8,12-13,15,28H,5-7,9,24H2,1-4H3. The van der Waals surface area contributed by atoms with Gasteiger partial charge in [-0.05, 0) is 18.9 Å². The Bertz CT molecular complexity index is 1040. The number of hydrogen-bond donors (Lipinski definition) is 2. The topological polar surface area (TPSA) is 142 Å². The number of Topliss-reactive ketones (excluding diaryl/α,β-unsaturated/α-hetero) is 2. The van der Waals surface area contributed by atoms with Gasteiger partial charge in [-0.3, -0.25) is 14.4 Å². The zero-order valence-corrected chi connectivity index (χ0v) is 18.5. The number of carbonyl (C=O) groups excluding carboxylic acids is 4. The van der Waals surface area contributed by atoms with E-state index in [0.717, 1.165) is 6.20 Å².